The Hall–Kier alpha value is -2.56. The second kappa shape index (κ2) is 5.67. The summed E-state index contributed by atoms with van der Waals surface area (Å²) in [6.45, 7) is 0. The third-order valence-corrected chi connectivity index (χ3v) is 3.02. The Labute approximate surface area is 109 Å². The number of nitriles is 2. The predicted molar refractivity (Wildman–Crippen MR) is 72.7 cm³/mol. The minimum atomic E-state index is 0.0518. The number of thiophene rings is 1. The molecule has 1 heterocycles. The maximum absolute atomic E-state index is 8.63. The Bertz CT molecular complexity index is 626. The largest absolute Gasteiger partial charge is 0.360 e. The van der Waals surface area contributed by atoms with Gasteiger partial charge in [-0.2, -0.15) is 21.9 Å². The molecule has 0 amide bonds. The molecule has 0 unspecified atom stereocenters. The molecule has 3 nitrogen and oxygen atoms in total. The first-order valence-corrected chi connectivity index (χ1v) is 6.17. The monoisotopic (exact) mass is 251 g/mol. The summed E-state index contributed by atoms with van der Waals surface area (Å²) in [4.78, 5) is 0. The van der Waals surface area contributed by atoms with Crippen molar-refractivity contribution in [3.8, 4) is 23.3 Å². The topological polar surface area (TPSA) is 59.6 Å². The summed E-state index contributed by atoms with van der Waals surface area (Å²) in [6, 6.07) is 13.5. The number of rotatable bonds is 3. The lowest BCUT2D eigenvalue weighted by Gasteiger charge is -2.03. The van der Waals surface area contributed by atoms with Crippen LogP contribution in [0.3, 0.4) is 0 Å². The zero-order valence-corrected chi connectivity index (χ0v) is 10.2. The minimum absolute atomic E-state index is 0.0518. The number of nitrogens with zero attached hydrogens (tertiary/aromatic N) is 2. The normalized spacial score (nSPS) is 9.00. The summed E-state index contributed by atoms with van der Waals surface area (Å²) < 4.78 is 0. The van der Waals surface area contributed by atoms with Crippen LogP contribution < -0.4 is 5.32 Å². The molecule has 0 saturated carbocycles. The van der Waals surface area contributed by atoms with E-state index in [0.717, 1.165) is 16.8 Å². The first-order valence-electron chi connectivity index (χ1n) is 5.23. The van der Waals surface area contributed by atoms with Crippen LogP contribution in [0.4, 0.5) is 5.69 Å². The van der Waals surface area contributed by atoms with Crippen LogP contribution in [0.5, 0.6) is 0 Å². The van der Waals surface area contributed by atoms with Crippen LogP contribution in [-0.2, 0) is 0 Å². The summed E-state index contributed by atoms with van der Waals surface area (Å²) in [5.74, 6) is 0. The van der Waals surface area contributed by atoms with Crippen molar-refractivity contribution in [1.82, 2.24) is 0 Å². The summed E-state index contributed by atoms with van der Waals surface area (Å²) >= 11 is 1.65. The van der Waals surface area contributed by atoms with Gasteiger partial charge in [-0.15, -0.1) is 0 Å². The highest BCUT2D eigenvalue weighted by molar-refractivity contribution is 7.08. The Morgan fingerprint density at radius 1 is 1.17 bits per heavy atom. The van der Waals surface area contributed by atoms with E-state index in [4.69, 9.17) is 10.5 Å². The molecule has 1 aromatic carbocycles. The molecule has 2 rings (SSSR count). The molecule has 86 valence electrons. The van der Waals surface area contributed by atoms with Crippen LogP contribution in [0.1, 0.15) is 0 Å². The quantitative estimate of drug-likeness (QED) is 0.845. The molecule has 1 aromatic heterocycles. The van der Waals surface area contributed by atoms with E-state index in [2.05, 4.69) is 16.8 Å². The lowest BCUT2D eigenvalue weighted by atomic mass is 10.1. The van der Waals surface area contributed by atoms with E-state index < -0.39 is 0 Å². The van der Waals surface area contributed by atoms with Crippen LogP contribution in [0.2, 0.25) is 0 Å². The van der Waals surface area contributed by atoms with Gasteiger partial charge in [0, 0.05) is 11.9 Å². The highest BCUT2D eigenvalue weighted by Gasteiger charge is 1.99. The van der Waals surface area contributed by atoms with Crippen LogP contribution in [0.25, 0.3) is 11.1 Å². The molecular weight excluding hydrogens is 242 g/mol. The molecule has 0 aliphatic rings. The molecule has 18 heavy (non-hydrogen) atoms. The van der Waals surface area contributed by atoms with Gasteiger partial charge in [0.1, 0.15) is 17.7 Å². The number of hydrogen-bond donors (Lipinski definition) is 1. The lowest BCUT2D eigenvalue weighted by molar-refractivity contribution is 1.44. The Balaban J connectivity index is 2.22. The van der Waals surface area contributed by atoms with Crippen molar-refractivity contribution in [2.75, 3.05) is 5.32 Å². The van der Waals surface area contributed by atoms with Crippen LogP contribution in [0.15, 0.2) is 52.9 Å². The Morgan fingerprint density at radius 3 is 2.67 bits per heavy atom. The van der Waals surface area contributed by atoms with Gasteiger partial charge in [-0.05, 0) is 40.1 Å². The van der Waals surface area contributed by atoms with Gasteiger partial charge in [0.2, 0.25) is 0 Å². The smallest absolute Gasteiger partial charge is 0.145 e. The first-order chi connectivity index (χ1) is 8.83. The molecule has 0 fully saturated rings. The predicted octanol–water partition coefficient (Wildman–Crippen LogP) is 3.76. The van der Waals surface area contributed by atoms with Crippen molar-refractivity contribution >= 4 is 17.0 Å². The maximum Gasteiger partial charge on any atom is 0.145 e. The van der Waals surface area contributed by atoms with Crippen LogP contribution in [-0.4, -0.2) is 0 Å². The van der Waals surface area contributed by atoms with Gasteiger partial charge in [-0.3, -0.25) is 0 Å². The SMILES string of the molecule is N#CC(C#N)=CNc1cccc(-c2ccsc2)c1. The van der Waals surface area contributed by atoms with E-state index in [-0.39, 0.29) is 5.57 Å². The Kier molecular flexibility index (Phi) is 3.76. The van der Waals surface area contributed by atoms with E-state index in [9.17, 15) is 0 Å². The van der Waals surface area contributed by atoms with Gasteiger partial charge >= 0.3 is 0 Å². The van der Waals surface area contributed by atoms with Gasteiger partial charge in [0.15, 0.2) is 0 Å². The van der Waals surface area contributed by atoms with Gasteiger partial charge < -0.3 is 5.32 Å². The fourth-order valence-electron chi connectivity index (χ4n) is 1.46. The first kappa shape index (κ1) is 11.9. The summed E-state index contributed by atoms with van der Waals surface area (Å²) in [7, 11) is 0. The molecule has 0 radical (unpaired) electrons. The van der Waals surface area contributed by atoms with Crippen molar-refractivity contribution in [3.05, 3.63) is 52.9 Å². The molecule has 0 bridgehead atoms. The van der Waals surface area contributed by atoms with E-state index in [1.807, 2.05) is 29.6 Å². The summed E-state index contributed by atoms with van der Waals surface area (Å²) in [5.41, 5.74) is 3.16. The average molecular weight is 251 g/mol. The van der Waals surface area contributed by atoms with E-state index in [1.165, 1.54) is 6.20 Å². The van der Waals surface area contributed by atoms with Gasteiger partial charge in [0.25, 0.3) is 0 Å². The zero-order chi connectivity index (χ0) is 12.8. The van der Waals surface area contributed by atoms with Crippen molar-refractivity contribution in [3.63, 3.8) is 0 Å². The third-order valence-electron chi connectivity index (χ3n) is 2.34. The fraction of sp³-hybridized carbons (Fsp3) is 0. The number of anilines is 1. The lowest BCUT2D eigenvalue weighted by Crippen LogP contribution is -1.89. The molecule has 0 atom stereocenters. The van der Waals surface area contributed by atoms with E-state index in [1.54, 1.807) is 23.5 Å². The van der Waals surface area contributed by atoms with Gasteiger partial charge in [0.05, 0.1) is 0 Å². The molecule has 0 aliphatic carbocycles. The zero-order valence-electron chi connectivity index (χ0n) is 9.42. The van der Waals surface area contributed by atoms with Crippen LogP contribution in [0, 0.1) is 22.7 Å². The van der Waals surface area contributed by atoms with Crippen molar-refractivity contribution in [2.45, 2.75) is 0 Å². The van der Waals surface area contributed by atoms with Crippen LogP contribution >= 0.6 is 11.3 Å². The summed E-state index contributed by atoms with van der Waals surface area (Å²) in [6.07, 6.45) is 1.41. The molecule has 0 spiro atoms. The maximum atomic E-state index is 8.63. The fourth-order valence-corrected chi connectivity index (χ4v) is 2.13. The highest BCUT2D eigenvalue weighted by Crippen LogP contribution is 2.24. The van der Waals surface area contributed by atoms with Crippen molar-refractivity contribution in [1.29, 1.82) is 10.5 Å². The minimum Gasteiger partial charge on any atom is -0.360 e. The molecule has 2 aromatic rings. The number of allylic oxidation sites excluding steroid dienone is 1. The van der Waals surface area contributed by atoms with Crippen molar-refractivity contribution in [2.24, 2.45) is 0 Å². The number of benzene rings is 1. The van der Waals surface area contributed by atoms with Gasteiger partial charge in [-0.25, -0.2) is 0 Å². The molecule has 0 aliphatic heterocycles. The standard InChI is InChI=1S/C14H9N3S/c15-7-11(8-16)9-17-14-3-1-2-12(6-14)13-4-5-18-10-13/h1-6,9-10,17H. The summed E-state index contributed by atoms with van der Waals surface area (Å²) in [5, 5.41) is 24.3. The average Bonchev–Trinajstić information content (AvgIpc) is 2.94. The third kappa shape index (κ3) is 2.76. The Morgan fingerprint density at radius 2 is 2.00 bits per heavy atom. The van der Waals surface area contributed by atoms with Crippen molar-refractivity contribution < 1.29 is 0 Å². The highest BCUT2D eigenvalue weighted by atomic mass is 32.1. The molecular formula is C14H9N3S. The number of hydrogen-bond acceptors (Lipinski definition) is 4. The molecule has 4 heteroatoms. The second-order valence-corrected chi connectivity index (χ2v) is 4.30. The molecule has 1 N–H and O–H groups in total. The van der Waals surface area contributed by atoms with E-state index >= 15 is 0 Å². The number of nitrogens with one attached hydrogen (secondary N) is 1. The van der Waals surface area contributed by atoms with Gasteiger partial charge in [-0.1, -0.05) is 12.1 Å². The van der Waals surface area contributed by atoms with E-state index in [0.29, 0.717) is 0 Å². The molecule has 0 saturated heterocycles. The second-order valence-electron chi connectivity index (χ2n) is 3.52.